The van der Waals surface area contributed by atoms with Crippen molar-refractivity contribution in [2.45, 2.75) is 33.2 Å². The van der Waals surface area contributed by atoms with Crippen molar-refractivity contribution in [1.82, 2.24) is 14.9 Å². The molecule has 2 aromatic rings. The second-order valence-corrected chi connectivity index (χ2v) is 5.62. The zero-order valence-corrected chi connectivity index (χ0v) is 14.3. The van der Waals surface area contributed by atoms with Crippen molar-refractivity contribution in [3.63, 3.8) is 0 Å². The first-order valence-electron chi connectivity index (χ1n) is 8.28. The van der Waals surface area contributed by atoms with Crippen molar-refractivity contribution in [1.29, 1.82) is 0 Å². The minimum Gasteiger partial charge on any atom is -0.493 e. The Kier molecular flexibility index (Phi) is 6.81. The molecule has 0 aliphatic rings. The lowest BCUT2D eigenvalue weighted by atomic mass is 10.1. The van der Waals surface area contributed by atoms with Crippen LogP contribution in [0.25, 0.3) is 0 Å². The highest BCUT2D eigenvalue weighted by Gasteiger charge is 2.20. The SMILES string of the molecule is CCCCOc1ccccc1C(=O)N(CCO)Cc1nc[nH]c1C. The molecule has 6 nitrogen and oxygen atoms in total. The third kappa shape index (κ3) is 4.58. The highest BCUT2D eigenvalue weighted by atomic mass is 16.5. The smallest absolute Gasteiger partial charge is 0.258 e. The van der Waals surface area contributed by atoms with Gasteiger partial charge in [-0.2, -0.15) is 0 Å². The topological polar surface area (TPSA) is 78.4 Å². The molecule has 6 heteroatoms. The van der Waals surface area contributed by atoms with Gasteiger partial charge in [-0.1, -0.05) is 25.5 Å². The molecule has 24 heavy (non-hydrogen) atoms. The van der Waals surface area contributed by atoms with Crippen molar-refractivity contribution in [3.05, 3.63) is 47.5 Å². The number of rotatable bonds is 9. The van der Waals surface area contributed by atoms with Gasteiger partial charge in [-0.05, 0) is 25.5 Å². The Bertz CT molecular complexity index is 654. The van der Waals surface area contributed by atoms with Crippen LogP contribution in [0, 0.1) is 6.92 Å². The molecular formula is C18H25N3O3. The summed E-state index contributed by atoms with van der Waals surface area (Å²) in [6, 6.07) is 7.23. The van der Waals surface area contributed by atoms with Gasteiger partial charge in [-0.15, -0.1) is 0 Å². The van der Waals surface area contributed by atoms with Crippen LogP contribution in [0.1, 0.15) is 41.5 Å². The monoisotopic (exact) mass is 331 g/mol. The van der Waals surface area contributed by atoms with E-state index in [9.17, 15) is 9.90 Å². The summed E-state index contributed by atoms with van der Waals surface area (Å²) in [5, 5.41) is 9.32. The first-order chi connectivity index (χ1) is 11.7. The standard InChI is InChI=1S/C18H25N3O3/c1-3-4-11-24-17-8-6-5-7-15(17)18(23)21(9-10-22)12-16-14(2)19-13-20-16/h5-8,13,22H,3-4,9-12H2,1-2H3,(H,19,20). The van der Waals surface area contributed by atoms with Crippen molar-refractivity contribution >= 4 is 5.91 Å². The van der Waals surface area contributed by atoms with Crippen LogP contribution in [-0.4, -0.2) is 45.6 Å². The molecule has 0 aliphatic heterocycles. The van der Waals surface area contributed by atoms with E-state index in [0.29, 0.717) is 24.5 Å². The molecule has 1 aromatic heterocycles. The zero-order chi connectivity index (χ0) is 17.4. The zero-order valence-electron chi connectivity index (χ0n) is 14.3. The molecule has 1 heterocycles. The number of H-pyrrole nitrogens is 1. The number of para-hydroxylation sites is 1. The van der Waals surface area contributed by atoms with Crippen molar-refractivity contribution in [2.75, 3.05) is 19.8 Å². The first kappa shape index (κ1) is 18.0. The number of benzene rings is 1. The lowest BCUT2D eigenvalue weighted by molar-refractivity contribution is 0.0701. The molecule has 0 saturated heterocycles. The molecule has 130 valence electrons. The van der Waals surface area contributed by atoms with E-state index < -0.39 is 0 Å². The van der Waals surface area contributed by atoms with Gasteiger partial charge in [0.1, 0.15) is 5.75 Å². The van der Waals surface area contributed by atoms with Crippen LogP contribution in [0.2, 0.25) is 0 Å². The number of hydrogen-bond acceptors (Lipinski definition) is 4. The Morgan fingerprint density at radius 3 is 2.83 bits per heavy atom. The van der Waals surface area contributed by atoms with E-state index in [0.717, 1.165) is 24.2 Å². The minimum absolute atomic E-state index is 0.103. The molecule has 0 unspecified atom stereocenters. The second-order valence-electron chi connectivity index (χ2n) is 5.62. The average Bonchev–Trinajstić information content (AvgIpc) is 2.99. The van der Waals surface area contributed by atoms with Gasteiger partial charge >= 0.3 is 0 Å². The maximum Gasteiger partial charge on any atom is 0.258 e. The molecule has 0 aliphatic carbocycles. The van der Waals surface area contributed by atoms with Crippen molar-refractivity contribution in [3.8, 4) is 5.75 Å². The number of carbonyl (C=O) groups excluding carboxylic acids is 1. The summed E-state index contributed by atoms with van der Waals surface area (Å²) in [6.45, 7) is 5.07. The van der Waals surface area contributed by atoms with E-state index in [2.05, 4.69) is 16.9 Å². The van der Waals surface area contributed by atoms with E-state index >= 15 is 0 Å². The number of ether oxygens (including phenoxy) is 1. The third-order valence-electron chi connectivity index (χ3n) is 3.80. The van der Waals surface area contributed by atoms with Crippen LogP contribution in [-0.2, 0) is 6.54 Å². The maximum absolute atomic E-state index is 12.9. The largest absolute Gasteiger partial charge is 0.493 e. The Labute approximate surface area is 142 Å². The Morgan fingerprint density at radius 1 is 1.38 bits per heavy atom. The molecule has 2 rings (SSSR count). The van der Waals surface area contributed by atoms with Crippen molar-refractivity contribution in [2.24, 2.45) is 0 Å². The van der Waals surface area contributed by atoms with Crippen LogP contribution >= 0.6 is 0 Å². The molecule has 2 N–H and O–H groups in total. The molecule has 0 atom stereocenters. The van der Waals surface area contributed by atoms with Crippen LogP contribution < -0.4 is 4.74 Å². The molecule has 0 spiro atoms. The fourth-order valence-electron chi connectivity index (χ4n) is 2.37. The van der Waals surface area contributed by atoms with Gasteiger partial charge in [0.15, 0.2) is 0 Å². The van der Waals surface area contributed by atoms with Crippen LogP contribution in [0.15, 0.2) is 30.6 Å². The summed E-state index contributed by atoms with van der Waals surface area (Å²) < 4.78 is 5.75. The highest BCUT2D eigenvalue weighted by molar-refractivity contribution is 5.96. The Balaban J connectivity index is 2.18. The quantitative estimate of drug-likeness (QED) is 0.692. The predicted molar refractivity (Wildman–Crippen MR) is 92.0 cm³/mol. The van der Waals surface area contributed by atoms with Gasteiger partial charge < -0.3 is 19.7 Å². The van der Waals surface area contributed by atoms with Gasteiger partial charge in [0.2, 0.25) is 0 Å². The number of nitrogens with one attached hydrogen (secondary N) is 1. The van der Waals surface area contributed by atoms with Gasteiger partial charge in [0.25, 0.3) is 5.91 Å². The Morgan fingerprint density at radius 2 is 2.17 bits per heavy atom. The number of amides is 1. The molecule has 1 aromatic carbocycles. The number of aliphatic hydroxyl groups excluding tert-OH is 1. The molecular weight excluding hydrogens is 306 g/mol. The number of aryl methyl sites for hydroxylation is 1. The summed E-state index contributed by atoms with van der Waals surface area (Å²) in [5.41, 5.74) is 2.22. The highest BCUT2D eigenvalue weighted by Crippen LogP contribution is 2.21. The number of aromatic nitrogens is 2. The van der Waals surface area contributed by atoms with Crippen molar-refractivity contribution < 1.29 is 14.6 Å². The third-order valence-corrected chi connectivity index (χ3v) is 3.80. The van der Waals surface area contributed by atoms with Gasteiger partial charge in [-0.3, -0.25) is 4.79 Å². The van der Waals surface area contributed by atoms with Gasteiger partial charge in [-0.25, -0.2) is 4.98 Å². The molecule has 1 amide bonds. The number of imidazole rings is 1. The molecule has 0 bridgehead atoms. The number of nitrogens with zero attached hydrogens (tertiary/aromatic N) is 2. The Hall–Kier alpha value is -2.34. The molecule has 0 fully saturated rings. The number of aliphatic hydroxyl groups is 1. The lowest BCUT2D eigenvalue weighted by Gasteiger charge is -2.22. The van der Waals surface area contributed by atoms with Gasteiger partial charge in [0, 0.05) is 12.2 Å². The maximum atomic E-state index is 12.9. The average molecular weight is 331 g/mol. The van der Waals surface area contributed by atoms with E-state index in [-0.39, 0.29) is 19.1 Å². The fraction of sp³-hybridized carbons (Fsp3) is 0.444. The normalized spacial score (nSPS) is 10.6. The van der Waals surface area contributed by atoms with E-state index in [1.54, 1.807) is 23.4 Å². The summed E-state index contributed by atoms with van der Waals surface area (Å²) in [6.07, 6.45) is 3.58. The summed E-state index contributed by atoms with van der Waals surface area (Å²) in [7, 11) is 0. The summed E-state index contributed by atoms with van der Waals surface area (Å²) in [4.78, 5) is 21.8. The molecule has 0 saturated carbocycles. The lowest BCUT2D eigenvalue weighted by Crippen LogP contribution is -2.33. The van der Waals surface area contributed by atoms with Gasteiger partial charge in [0.05, 0.1) is 37.3 Å². The van der Waals surface area contributed by atoms with Crippen LogP contribution in [0.5, 0.6) is 5.75 Å². The predicted octanol–water partition coefficient (Wildman–Crippen LogP) is 2.53. The number of aromatic amines is 1. The number of hydrogen-bond donors (Lipinski definition) is 2. The fourth-order valence-corrected chi connectivity index (χ4v) is 2.37. The first-order valence-corrected chi connectivity index (χ1v) is 8.28. The van der Waals surface area contributed by atoms with E-state index in [4.69, 9.17) is 4.74 Å². The van der Waals surface area contributed by atoms with Crippen LogP contribution in [0.4, 0.5) is 0 Å². The second kappa shape index (κ2) is 9.08. The van der Waals surface area contributed by atoms with E-state index in [1.165, 1.54) is 0 Å². The summed E-state index contributed by atoms with van der Waals surface area (Å²) in [5.74, 6) is 0.413. The van der Waals surface area contributed by atoms with E-state index in [1.807, 2.05) is 19.1 Å². The number of carbonyl (C=O) groups is 1. The minimum atomic E-state index is -0.168. The van der Waals surface area contributed by atoms with Crippen LogP contribution in [0.3, 0.4) is 0 Å². The summed E-state index contributed by atoms with van der Waals surface area (Å²) >= 11 is 0. The number of unbranched alkanes of at least 4 members (excludes halogenated alkanes) is 1. The molecule has 0 radical (unpaired) electrons.